The third kappa shape index (κ3) is 3.80. The van der Waals surface area contributed by atoms with Crippen molar-refractivity contribution in [2.24, 2.45) is 5.10 Å². The van der Waals surface area contributed by atoms with Gasteiger partial charge in [-0.2, -0.15) is 5.10 Å². The number of fused-ring (bicyclic) bond motifs is 1. The number of benzene rings is 1. The van der Waals surface area contributed by atoms with Crippen molar-refractivity contribution in [1.29, 1.82) is 0 Å². The molecular formula is C17H17Cl2F2N3OS. The predicted octanol–water partition coefficient (Wildman–Crippen LogP) is 5.62. The molecule has 1 aromatic carbocycles. The number of aromatic nitrogens is 1. The normalized spacial score (nSPS) is 25.3. The van der Waals surface area contributed by atoms with Crippen molar-refractivity contribution in [3.05, 3.63) is 28.1 Å². The zero-order valence-electron chi connectivity index (χ0n) is 13.8. The molecule has 2 aliphatic rings. The Bertz CT molecular complexity index is 845. The van der Waals surface area contributed by atoms with Gasteiger partial charge in [-0.05, 0) is 18.6 Å². The van der Waals surface area contributed by atoms with Crippen LogP contribution < -0.4 is 0 Å². The van der Waals surface area contributed by atoms with Gasteiger partial charge in [-0.15, -0.1) is 11.8 Å². The number of alkyl halides is 2. The number of thioether (sulfide) groups is 1. The van der Waals surface area contributed by atoms with Crippen LogP contribution in [0.1, 0.15) is 31.6 Å². The average Bonchev–Trinajstić information content (AvgIpc) is 3.21. The molecule has 1 aliphatic heterocycles. The summed E-state index contributed by atoms with van der Waals surface area (Å²) in [5.41, 5.74) is 1.05. The fourth-order valence-corrected chi connectivity index (χ4v) is 5.36. The summed E-state index contributed by atoms with van der Waals surface area (Å²) in [5.74, 6) is -1.76. The summed E-state index contributed by atoms with van der Waals surface area (Å²) in [6, 6.07) is 3.29. The molecule has 2 atom stereocenters. The Kier molecular flexibility index (Phi) is 5.05. The van der Waals surface area contributed by atoms with E-state index in [0.717, 1.165) is 13.0 Å². The van der Waals surface area contributed by atoms with E-state index in [1.807, 2.05) is 11.2 Å². The molecule has 0 N–H and O–H groups in total. The molecular weight excluding hydrogens is 403 g/mol. The predicted molar refractivity (Wildman–Crippen MR) is 102 cm³/mol. The summed E-state index contributed by atoms with van der Waals surface area (Å²) in [4.78, 5) is 4.39. The number of rotatable bonds is 4. The molecule has 4 rings (SSSR count). The molecule has 2 heterocycles. The van der Waals surface area contributed by atoms with E-state index in [1.54, 1.807) is 12.1 Å². The van der Waals surface area contributed by atoms with Crippen molar-refractivity contribution in [1.82, 2.24) is 9.99 Å². The fourth-order valence-electron chi connectivity index (χ4n) is 3.50. The van der Waals surface area contributed by atoms with Gasteiger partial charge in [0.15, 0.2) is 5.58 Å². The van der Waals surface area contributed by atoms with Gasteiger partial charge in [-0.25, -0.2) is 13.8 Å². The van der Waals surface area contributed by atoms with Crippen LogP contribution in [0.4, 0.5) is 8.78 Å². The van der Waals surface area contributed by atoms with Gasteiger partial charge in [-0.3, -0.25) is 5.01 Å². The van der Waals surface area contributed by atoms with Crippen molar-refractivity contribution in [2.45, 2.75) is 48.7 Å². The number of hydrogen-bond acceptors (Lipinski definition) is 5. The summed E-state index contributed by atoms with van der Waals surface area (Å²) in [7, 11) is 0. The maximum Gasteiger partial charge on any atom is 0.249 e. The first-order valence-electron chi connectivity index (χ1n) is 8.44. The van der Waals surface area contributed by atoms with Crippen LogP contribution in [0.25, 0.3) is 11.1 Å². The third-order valence-corrected chi connectivity index (χ3v) is 6.53. The van der Waals surface area contributed by atoms with Gasteiger partial charge in [-0.1, -0.05) is 23.2 Å². The topological polar surface area (TPSA) is 41.6 Å². The van der Waals surface area contributed by atoms with Gasteiger partial charge in [0.25, 0.3) is 0 Å². The van der Waals surface area contributed by atoms with Gasteiger partial charge in [0.2, 0.25) is 11.8 Å². The van der Waals surface area contributed by atoms with Crippen molar-refractivity contribution < 1.29 is 13.2 Å². The quantitative estimate of drug-likeness (QED) is 0.644. The Balaban J connectivity index is 1.50. The van der Waals surface area contributed by atoms with E-state index in [9.17, 15) is 8.78 Å². The molecule has 2 unspecified atom stereocenters. The largest absolute Gasteiger partial charge is 0.438 e. The molecule has 2 aromatic rings. The van der Waals surface area contributed by atoms with E-state index in [4.69, 9.17) is 27.6 Å². The highest BCUT2D eigenvalue weighted by atomic mass is 35.5. The second-order valence-electron chi connectivity index (χ2n) is 6.61. The molecule has 0 saturated heterocycles. The van der Waals surface area contributed by atoms with Crippen LogP contribution in [0.3, 0.4) is 0 Å². The molecule has 0 radical (unpaired) electrons. The van der Waals surface area contributed by atoms with E-state index in [1.165, 1.54) is 11.8 Å². The maximum atomic E-state index is 14.0. The van der Waals surface area contributed by atoms with Gasteiger partial charge in [0.1, 0.15) is 5.52 Å². The highest BCUT2D eigenvalue weighted by Gasteiger charge is 2.44. The number of hydrogen-bond donors (Lipinski definition) is 0. The summed E-state index contributed by atoms with van der Waals surface area (Å²) in [5, 5.41) is 6.94. The lowest BCUT2D eigenvalue weighted by molar-refractivity contribution is -0.0494. The Labute approximate surface area is 163 Å². The Morgan fingerprint density at radius 1 is 1.35 bits per heavy atom. The van der Waals surface area contributed by atoms with Gasteiger partial charge >= 0.3 is 0 Å². The molecule has 140 valence electrons. The molecule has 1 aromatic heterocycles. The van der Waals surface area contributed by atoms with Crippen LogP contribution in [0.15, 0.2) is 21.7 Å². The highest BCUT2D eigenvalue weighted by Crippen LogP contribution is 2.42. The summed E-state index contributed by atoms with van der Waals surface area (Å²) in [6.07, 6.45) is 2.92. The number of oxazole rings is 1. The minimum absolute atomic E-state index is 0.0146. The van der Waals surface area contributed by atoms with Gasteiger partial charge < -0.3 is 4.42 Å². The zero-order valence-corrected chi connectivity index (χ0v) is 16.1. The van der Waals surface area contributed by atoms with Gasteiger partial charge in [0.05, 0.1) is 16.8 Å². The monoisotopic (exact) mass is 419 g/mol. The van der Waals surface area contributed by atoms with E-state index >= 15 is 0 Å². The molecule has 26 heavy (non-hydrogen) atoms. The van der Waals surface area contributed by atoms with Crippen LogP contribution in [0.2, 0.25) is 10.0 Å². The Hall–Kier alpha value is -1.05. The van der Waals surface area contributed by atoms with Crippen LogP contribution >= 0.6 is 35.0 Å². The Morgan fingerprint density at radius 3 is 2.96 bits per heavy atom. The molecule has 0 amide bonds. The molecule has 1 fully saturated rings. The lowest BCUT2D eigenvalue weighted by Crippen LogP contribution is -2.45. The molecule has 9 heteroatoms. The standard InChI is InChI=1S/C17H17Cl2F2N3OS/c18-10-6-11(19)16-12(7-10)23-15(25-16)9-26-14-8-17(20,21)3-2-13(14)24-5-1-4-22-24/h4,6-7,13-14H,1-3,5,8-9H2. The smallest absolute Gasteiger partial charge is 0.249 e. The third-order valence-electron chi connectivity index (χ3n) is 4.71. The van der Waals surface area contributed by atoms with Crippen LogP contribution in [0, 0.1) is 0 Å². The average molecular weight is 420 g/mol. The van der Waals surface area contributed by atoms with E-state index in [2.05, 4.69) is 10.1 Å². The summed E-state index contributed by atoms with van der Waals surface area (Å²) in [6.45, 7) is 0.796. The van der Waals surface area contributed by atoms with Crippen molar-refractivity contribution in [3.63, 3.8) is 0 Å². The minimum atomic E-state index is -2.63. The Morgan fingerprint density at radius 2 is 2.19 bits per heavy atom. The molecule has 0 spiro atoms. The SMILES string of the molecule is FC1(F)CCC(N2CCC=N2)C(SCc2nc3cc(Cl)cc(Cl)c3o2)C1. The lowest BCUT2D eigenvalue weighted by atomic mass is 9.91. The second-order valence-corrected chi connectivity index (χ2v) is 8.68. The number of halogens is 4. The first kappa shape index (κ1) is 18.3. The maximum absolute atomic E-state index is 14.0. The van der Waals surface area contributed by atoms with Gasteiger partial charge in [0, 0.05) is 42.3 Å². The summed E-state index contributed by atoms with van der Waals surface area (Å²) < 4.78 is 33.6. The van der Waals surface area contributed by atoms with E-state index in [-0.39, 0.29) is 24.1 Å². The van der Waals surface area contributed by atoms with Crippen molar-refractivity contribution >= 4 is 52.3 Å². The van der Waals surface area contributed by atoms with Crippen LogP contribution in [0.5, 0.6) is 0 Å². The molecule has 4 nitrogen and oxygen atoms in total. The van der Waals surface area contributed by atoms with Crippen LogP contribution in [-0.4, -0.2) is 40.0 Å². The summed E-state index contributed by atoms with van der Waals surface area (Å²) >= 11 is 13.6. The second kappa shape index (κ2) is 7.17. The number of nitrogens with zero attached hydrogens (tertiary/aromatic N) is 3. The van der Waals surface area contributed by atoms with Crippen LogP contribution in [-0.2, 0) is 5.75 Å². The zero-order chi connectivity index (χ0) is 18.3. The van der Waals surface area contributed by atoms with Crippen molar-refractivity contribution in [3.8, 4) is 0 Å². The first-order chi connectivity index (χ1) is 12.4. The highest BCUT2D eigenvalue weighted by molar-refractivity contribution is 7.99. The first-order valence-corrected chi connectivity index (χ1v) is 10.2. The molecule has 0 bridgehead atoms. The van der Waals surface area contributed by atoms with E-state index < -0.39 is 5.92 Å². The van der Waals surface area contributed by atoms with E-state index in [0.29, 0.717) is 39.2 Å². The molecule has 1 saturated carbocycles. The molecule has 1 aliphatic carbocycles. The fraction of sp³-hybridized carbons (Fsp3) is 0.529. The lowest BCUT2D eigenvalue weighted by Gasteiger charge is -2.39. The minimum Gasteiger partial charge on any atom is -0.438 e. The van der Waals surface area contributed by atoms with Crippen molar-refractivity contribution in [2.75, 3.05) is 6.54 Å². The number of hydrazone groups is 1.